The Morgan fingerprint density at radius 2 is 1.73 bits per heavy atom. The monoisotopic (exact) mass is 329 g/mol. The molecule has 0 bridgehead atoms. The summed E-state index contributed by atoms with van der Waals surface area (Å²) in [6.07, 6.45) is 0. The van der Waals surface area contributed by atoms with Crippen LogP contribution in [0.4, 0.5) is 5.69 Å². The van der Waals surface area contributed by atoms with Crippen molar-refractivity contribution in [1.82, 2.24) is 0 Å². The average molecular weight is 329 g/mol. The van der Waals surface area contributed by atoms with Crippen LogP contribution in [0.5, 0.6) is 0 Å². The smallest absolute Gasteiger partial charge is 0.345 e. The van der Waals surface area contributed by atoms with Gasteiger partial charge in [-0.25, -0.2) is 4.79 Å². The molecule has 1 aromatic carbocycles. The molecule has 6 heteroatoms. The Hall–Kier alpha value is -2.44. The summed E-state index contributed by atoms with van der Waals surface area (Å²) >= 11 is 2.56. The molecule has 0 aliphatic heterocycles. The van der Waals surface area contributed by atoms with Crippen molar-refractivity contribution in [2.24, 2.45) is 0 Å². The predicted octanol–water partition coefficient (Wildman–Crippen LogP) is 4.43. The van der Waals surface area contributed by atoms with Crippen LogP contribution in [-0.2, 0) is 0 Å². The minimum absolute atomic E-state index is 0.150. The summed E-state index contributed by atoms with van der Waals surface area (Å²) < 4.78 is 0. The maximum absolute atomic E-state index is 12.3. The average Bonchev–Trinajstić information content (AvgIpc) is 3.19. The maximum Gasteiger partial charge on any atom is 0.345 e. The molecule has 22 heavy (non-hydrogen) atoms. The fourth-order valence-corrected chi connectivity index (χ4v) is 3.50. The number of aromatic carboxylic acids is 1. The number of benzene rings is 1. The Bertz CT molecular complexity index is 822. The van der Waals surface area contributed by atoms with E-state index in [9.17, 15) is 9.59 Å². The number of rotatable bonds is 4. The van der Waals surface area contributed by atoms with Gasteiger partial charge in [-0.1, -0.05) is 24.3 Å². The second-order valence-corrected chi connectivity index (χ2v) is 6.48. The number of nitrogens with one attached hydrogen (secondary N) is 1. The Labute approximate surface area is 134 Å². The van der Waals surface area contributed by atoms with Crippen LogP contribution in [0.2, 0.25) is 0 Å². The highest BCUT2D eigenvalue weighted by molar-refractivity contribution is 7.16. The number of hydrogen-bond acceptors (Lipinski definition) is 4. The van der Waals surface area contributed by atoms with Crippen LogP contribution in [0.15, 0.2) is 53.9 Å². The van der Waals surface area contributed by atoms with Crippen LogP contribution in [0.3, 0.4) is 0 Å². The van der Waals surface area contributed by atoms with Crippen molar-refractivity contribution in [3.63, 3.8) is 0 Å². The van der Waals surface area contributed by atoms with Crippen LogP contribution in [0.25, 0.3) is 10.4 Å². The van der Waals surface area contributed by atoms with Gasteiger partial charge in [0, 0.05) is 16.1 Å². The van der Waals surface area contributed by atoms with Crippen molar-refractivity contribution in [2.45, 2.75) is 0 Å². The quantitative estimate of drug-likeness (QED) is 0.744. The van der Waals surface area contributed by atoms with Gasteiger partial charge in [0.1, 0.15) is 4.88 Å². The third kappa shape index (κ3) is 2.93. The van der Waals surface area contributed by atoms with Gasteiger partial charge in [-0.15, -0.1) is 22.7 Å². The zero-order valence-electron chi connectivity index (χ0n) is 11.3. The molecule has 0 aliphatic carbocycles. The summed E-state index contributed by atoms with van der Waals surface area (Å²) in [6.45, 7) is 0. The van der Waals surface area contributed by atoms with Crippen molar-refractivity contribution in [1.29, 1.82) is 0 Å². The largest absolute Gasteiger partial charge is 0.477 e. The summed E-state index contributed by atoms with van der Waals surface area (Å²) in [5.41, 5.74) is 1.65. The Kier molecular flexibility index (Phi) is 4.04. The normalized spacial score (nSPS) is 10.4. The second-order valence-electron chi connectivity index (χ2n) is 4.45. The van der Waals surface area contributed by atoms with E-state index in [1.54, 1.807) is 11.3 Å². The van der Waals surface area contributed by atoms with Crippen LogP contribution < -0.4 is 5.32 Å². The fourth-order valence-electron chi connectivity index (χ4n) is 2.00. The maximum atomic E-state index is 12.3. The predicted molar refractivity (Wildman–Crippen MR) is 89.0 cm³/mol. The molecule has 110 valence electrons. The lowest BCUT2D eigenvalue weighted by atomic mass is 10.1. The van der Waals surface area contributed by atoms with Crippen molar-refractivity contribution in [2.75, 3.05) is 5.32 Å². The molecular weight excluding hydrogens is 318 g/mol. The molecule has 0 saturated heterocycles. The Morgan fingerprint density at radius 3 is 2.41 bits per heavy atom. The lowest BCUT2D eigenvalue weighted by Crippen LogP contribution is -2.10. The number of amides is 1. The molecule has 0 spiro atoms. The van der Waals surface area contributed by atoms with E-state index < -0.39 is 5.97 Å². The summed E-state index contributed by atoms with van der Waals surface area (Å²) in [4.78, 5) is 24.8. The minimum Gasteiger partial charge on any atom is -0.477 e. The van der Waals surface area contributed by atoms with Gasteiger partial charge >= 0.3 is 5.97 Å². The first-order chi connectivity index (χ1) is 10.6. The van der Waals surface area contributed by atoms with Crippen molar-refractivity contribution < 1.29 is 14.7 Å². The van der Waals surface area contributed by atoms with E-state index in [1.807, 2.05) is 41.8 Å². The van der Waals surface area contributed by atoms with Gasteiger partial charge in [-0.3, -0.25) is 4.79 Å². The van der Waals surface area contributed by atoms with E-state index in [0.29, 0.717) is 10.6 Å². The summed E-state index contributed by atoms with van der Waals surface area (Å²) in [7, 11) is 0. The molecule has 3 rings (SSSR count). The van der Waals surface area contributed by atoms with E-state index in [1.165, 1.54) is 12.1 Å². The van der Waals surface area contributed by atoms with Crippen molar-refractivity contribution >= 4 is 40.2 Å². The summed E-state index contributed by atoms with van der Waals surface area (Å²) in [5, 5.41) is 13.7. The van der Waals surface area contributed by atoms with Gasteiger partial charge in [-0.2, -0.15) is 0 Å². The highest BCUT2D eigenvalue weighted by atomic mass is 32.1. The lowest BCUT2D eigenvalue weighted by molar-refractivity contribution is 0.0702. The minimum atomic E-state index is -1.02. The summed E-state index contributed by atoms with van der Waals surface area (Å²) in [6, 6.07) is 14.4. The van der Waals surface area contributed by atoms with E-state index in [-0.39, 0.29) is 10.8 Å². The molecule has 0 atom stereocenters. The standard InChI is InChI=1S/C16H11NO3S2/c18-15(13-7-8-14(22-13)16(19)20)17-11-5-2-1-4-10(11)12-6-3-9-21-12/h1-9H,(H,17,18)(H,19,20). The van der Waals surface area contributed by atoms with Crippen molar-refractivity contribution in [3.05, 3.63) is 63.7 Å². The zero-order chi connectivity index (χ0) is 15.5. The third-order valence-corrected chi connectivity index (χ3v) is 4.98. The molecule has 0 fully saturated rings. The number of carboxylic acids is 1. The molecule has 1 amide bonds. The Morgan fingerprint density at radius 1 is 0.955 bits per heavy atom. The van der Waals surface area contributed by atoms with Gasteiger partial charge in [0.15, 0.2) is 0 Å². The molecule has 2 N–H and O–H groups in total. The van der Waals surface area contributed by atoms with Gasteiger partial charge in [0.05, 0.1) is 4.88 Å². The molecule has 2 heterocycles. The van der Waals surface area contributed by atoms with Gasteiger partial charge < -0.3 is 10.4 Å². The molecule has 4 nitrogen and oxygen atoms in total. The number of carbonyl (C=O) groups excluding carboxylic acids is 1. The van der Waals surface area contributed by atoms with Gasteiger partial charge in [-0.05, 0) is 29.6 Å². The van der Waals surface area contributed by atoms with E-state index in [2.05, 4.69) is 5.32 Å². The second kappa shape index (κ2) is 6.13. The topological polar surface area (TPSA) is 66.4 Å². The van der Waals surface area contributed by atoms with Crippen LogP contribution in [-0.4, -0.2) is 17.0 Å². The zero-order valence-corrected chi connectivity index (χ0v) is 12.9. The first-order valence-electron chi connectivity index (χ1n) is 6.42. The number of para-hydroxylation sites is 1. The van der Waals surface area contributed by atoms with E-state index >= 15 is 0 Å². The Balaban J connectivity index is 1.87. The third-order valence-electron chi connectivity index (χ3n) is 3.00. The lowest BCUT2D eigenvalue weighted by Gasteiger charge is -2.09. The number of carboxylic acid groups (broad SMARTS) is 1. The van der Waals surface area contributed by atoms with E-state index in [4.69, 9.17) is 5.11 Å². The van der Waals surface area contributed by atoms with Crippen molar-refractivity contribution in [3.8, 4) is 10.4 Å². The first-order valence-corrected chi connectivity index (χ1v) is 8.12. The number of thiophene rings is 2. The fraction of sp³-hybridized carbons (Fsp3) is 0. The molecule has 2 aromatic heterocycles. The highest BCUT2D eigenvalue weighted by Gasteiger charge is 2.14. The molecular formula is C16H11NO3S2. The SMILES string of the molecule is O=C(O)c1ccc(C(=O)Nc2ccccc2-c2cccs2)s1. The molecule has 0 radical (unpaired) electrons. The summed E-state index contributed by atoms with van der Waals surface area (Å²) in [5.74, 6) is -1.33. The highest BCUT2D eigenvalue weighted by Crippen LogP contribution is 2.31. The van der Waals surface area contributed by atoms with Crippen LogP contribution in [0, 0.1) is 0 Å². The van der Waals surface area contributed by atoms with Crippen LogP contribution >= 0.6 is 22.7 Å². The van der Waals surface area contributed by atoms with Crippen LogP contribution in [0.1, 0.15) is 19.3 Å². The molecule has 0 aliphatic rings. The van der Waals surface area contributed by atoms with Gasteiger partial charge in [0.2, 0.25) is 0 Å². The molecule has 0 saturated carbocycles. The number of anilines is 1. The first kappa shape index (κ1) is 14.5. The number of hydrogen-bond donors (Lipinski definition) is 2. The number of carbonyl (C=O) groups is 2. The van der Waals surface area contributed by atoms with Gasteiger partial charge in [0.25, 0.3) is 5.91 Å². The molecule has 0 unspecified atom stereocenters. The van der Waals surface area contributed by atoms with E-state index in [0.717, 1.165) is 21.8 Å². The molecule has 3 aromatic rings.